The van der Waals surface area contributed by atoms with Gasteiger partial charge in [0.05, 0.1) is 6.42 Å². The number of ether oxygens (including phenoxy) is 1. The van der Waals surface area contributed by atoms with Gasteiger partial charge in [0.15, 0.2) is 11.5 Å². The zero-order valence-corrected chi connectivity index (χ0v) is 10.8. The van der Waals surface area contributed by atoms with Crippen LogP contribution in [0, 0.1) is 0 Å². The van der Waals surface area contributed by atoms with Gasteiger partial charge in [-0.2, -0.15) is 4.98 Å². The number of furan rings is 1. The average Bonchev–Trinajstić information content (AvgIpc) is 3.04. The Morgan fingerprint density at radius 2 is 2.20 bits per heavy atom. The van der Waals surface area contributed by atoms with Crippen LogP contribution < -0.4 is 0 Å². The summed E-state index contributed by atoms with van der Waals surface area (Å²) in [6, 6.07) is 9.45. The van der Waals surface area contributed by atoms with E-state index in [1.165, 1.54) is 7.11 Å². The Morgan fingerprint density at radius 1 is 1.35 bits per heavy atom. The van der Waals surface area contributed by atoms with Gasteiger partial charge in [0, 0.05) is 12.5 Å². The Balaban J connectivity index is 1.84. The number of benzene rings is 1. The van der Waals surface area contributed by atoms with E-state index in [2.05, 4.69) is 10.1 Å². The molecule has 0 aliphatic rings. The van der Waals surface area contributed by atoms with Crippen LogP contribution in [0.15, 0.2) is 39.3 Å². The van der Waals surface area contributed by atoms with Crippen LogP contribution in [0.2, 0.25) is 0 Å². The maximum absolute atomic E-state index is 11.4. The standard InChI is InChI=1S/C14H12N2O4/c1-18-8-10(17)7-13-15-14(16-20-13)12-6-9-4-2-3-5-11(9)19-12/h2-6H,7-8H2,1H3. The van der Waals surface area contributed by atoms with Gasteiger partial charge in [-0.1, -0.05) is 23.4 Å². The molecule has 0 aliphatic heterocycles. The van der Waals surface area contributed by atoms with Crippen molar-refractivity contribution in [2.75, 3.05) is 13.7 Å². The van der Waals surface area contributed by atoms with Gasteiger partial charge in [0.25, 0.3) is 0 Å². The summed E-state index contributed by atoms with van der Waals surface area (Å²) in [6.45, 7) is 0.0301. The molecule has 6 heteroatoms. The fourth-order valence-corrected chi connectivity index (χ4v) is 1.90. The number of Topliss-reactive ketones (excluding diaryl/α,β-unsaturated/α-hetero) is 1. The van der Waals surface area contributed by atoms with Crippen molar-refractivity contribution in [2.24, 2.45) is 0 Å². The van der Waals surface area contributed by atoms with E-state index in [9.17, 15) is 4.79 Å². The van der Waals surface area contributed by atoms with Crippen molar-refractivity contribution < 1.29 is 18.5 Å². The van der Waals surface area contributed by atoms with E-state index >= 15 is 0 Å². The molecule has 6 nitrogen and oxygen atoms in total. The first kappa shape index (κ1) is 12.6. The topological polar surface area (TPSA) is 78.4 Å². The number of ketones is 1. The van der Waals surface area contributed by atoms with Gasteiger partial charge in [-0.3, -0.25) is 4.79 Å². The van der Waals surface area contributed by atoms with E-state index in [0.717, 1.165) is 11.0 Å². The number of nitrogens with zero attached hydrogens (tertiary/aromatic N) is 2. The Labute approximate surface area is 114 Å². The normalized spacial score (nSPS) is 11.1. The summed E-state index contributed by atoms with van der Waals surface area (Å²) in [6.07, 6.45) is 0.0566. The molecular weight excluding hydrogens is 260 g/mol. The van der Waals surface area contributed by atoms with Crippen LogP contribution in [-0.2, 0) is 16.0 Å². The Hall–Kier alpha value is -2.47. The highest BCUT2D eigenvalue weighted by molar-refractivity contribution is 5.82. The van der Waals surface area contributed by atoms with Crippen molar-refractivity contribution in [3.63, 3.8) is 0 Å². The van der Waals surface area contributed by atoms with E-state index in [1.807, 2.05) is 30.3 Å². The third kappa shape index (κ3) is 2.46. The molecule has 0 spiro atoms. The van der Waals surface area contributed by atoms with Crippen LogP contribution in [-0.4, -0.2) is 29.6 Å². The number of hydrogen-bond donors (Lipinski definition) is 0. The molecule has 0 saturated carbocycles. The fourth-order valence-electron chi connectivity index (χ4n) is 1.90. The van der Waals surface area contributed by atoms with Crippen LogP contribution in [0.25, 0.3) is 22.6 Å². The number of carbonyl (C=O) groups is 1. The van der Waals surface area contributed by atoms with Crippen LogP contribution in [0.3, 0.4) is 0 Å². The van der Waals surface area contributed by atoms with E-state index in [0.29, 0.717) is 11.6 Å². The van der Waals surface area contributed by atoms with Crippen LogP contribution >= 0.6 is 0 Å². The largest absolute Gasteiger partial charge is 0.453 e. The maximum Gasteiger partial charge on any atom is 0.238 e. The van der Waals surface area contributed by atoms with Crippen LogP contribution in [0.1, 0.15) is 5.89 Å². The minimum Gasteiger partial charge on any atom is -0.453 e. The number of aromatic nitrogens is 2. The smallest absolute Gasteiger partial charge is 0.238 e. The third-order valence-corrected chi connectivity index (χ3v) is 2.77. The lowest BCUT2D eigenvalue weighted by molar-refractivity contribution is -0.122. The second kappa shape index (κ2) is 5.26. The number of fused-ring (bicyclic) bond motifs is 1. The molecule has 3 aromatic rings. The zero-order valence-electron chi connectivity index (χ0n) is 10.8. The summed E-state index contributed by atoms with van der Waals surface area (Å²) >= 11 is 0. The third-order valence-electron chi connectivity index (χ3n) is 2.77. The average molecular weight is 272 g/mol. The van der Waals surface area contributed by atoms with Crippen molar-refractivity contribution in [1.82, 2.24) is 10.1 Å². The summed E-state index contributed by atoms with van der Waals surface area (Å²) in [4.78, 5) is 15.6. The summed E-state index contributed by atoms with van der Waals surface area (Å²) in [5, 5.41) is 4.78. The first-order chi connectivity index (χ1) is 9.76. The van der Waals surface area contributed by atoms with Crippen molar-refractivity contribution in [1.29, 1.82) is 0 Å². The summed E-state index contributed by atoms with van der Waals surface area (Å²) in [5.41, 5.74) is 0.754. The molecule has 1 aromatic carbocycles. The van der Waals surface area contributed by atoms with E-state index in [-0.39, 0.29) is 24.7 Å². The molecule has 0 radical (unpaired) electrons. The minimum absolute atomic E-state index is 0.0301. The highest BCUT2D eigenvalue weighted by Gasteiger charge is 2.15. The number of hydrogen-bond acceptors (Lipinski definition) is 6. The van der Waals surface area contributed by atoms with Gasteiger partial charge in [0.1, 0.15) is 12.2 Å². The molecule has 2 heterocycles. The first-order valence-corrected chi connectivity index (χ1v) is 6.08. The van der Waals surface area contributed by atoms with Gasteiger partial charge in [0.2, 0.25) is 11.7 Å². The number of para-hydroxylation sites is 1. The molecule has 0 unspecified atom stereocenters. The SMILES string of the molecule is COCC(=O)Cc1nc(-c2cc3ccccc3o2)no1. The number of methoxy groups -OCH3 is 1. The van der Waals surface area contributed by atoms with E-state index in [1.54, 1.807) is 0 Å². The van der Waals surface area contributed by atoms with Crippen molar-refractivity contribution in [2.45, 2.75) is 6.42 Å². The highest BCUT2D eigenvalue weighted by atomic mass is 16.5. The molecule has 0 bridgehead atoms. The predicted molar refractivity (Wildman–Crippen MR) is 70.1 cm³/mol. The van der Waals surface area contributed by atoms with Gasteiger partial charge in [-0.15, -0.1) is 0 Å². The van der Waals surface area contributed by atoms with Gasteiger partial charge in [-0.05, 0) is 12.1 Å². The minimum atomic E-state index is -0.118. The lowest BCUT2D eigenvalue weighted by Gasteiger charge is -1.93. The van der Waals surface area contributed by atoms with E-state index in [4.69, 9.17) is 13.7 Å². The molecule has 2 aromatic heterocycles. The molecule has 0 atom stereocenters. The summed E-state index contributed by atoms with van der Waals surface area (Å²) in [5.74, 6) is 0.983. The second-order valence-electron chi connectivity index (χ2n) is 4.31. The second-order valence-corrected chi connectivity index (χ2v) is 4.31. The monoisotopic (exact) mass is 272 g/mol. The van der Waals surface area contributed by atoms with Crippen molar-refractivity contribution >= 4 is 16.8 Å². The van der Waals surface area contributed by atoms with Gasteiger partial charge >= 0.3 is 0 Å². The summed E-state index contributed by atoms with van der Waals surface area (Å²) in [7, 11) is 1.46. The lowest BCUT2D eigenvalue weighted by atomic mass is 10.2. The fraction of sp³-hybridized carbons (Fsp3) is 0.214. The molecule has 0 aliphatic carbocycles. The number of carbonyl (C=O) groups excluding carboxylic acids is 1. The molecule has 0 amide bonds. The molecule has 3 rings (SSSR count). The maximum atomic E-state index is 11.4. The Kier molecular flexibility index (Phi) is 3.30. The van der Waals surface area contributed by atoms with Gasteiger partial charge in [-0.25, -0.2) is 0 Å². The lowest BCUT2D eigenvalue weighted by Crippen LogP contribution is -2.09. The number of rotatable bonds is 5. The molecule has 0 fully saturated rings. The molecule has 102 valence electrons. The van der Waals surface area contributed by atoms with Gasteiger partial charge < -0.3 is 13.7 Å². The Bertz CT molecular complexity index is 711. The molecular formula is C14H12N2O4. The quantitative estimate of drug-likeness (QED) is 0.708. The predicted octanol–water partition coefficient (Wildman–Crippen LogP) is 2.24. The molecule has 0 saturated heterocycles. The first-order valence-electron chi connectivity index (χ1n) is 6.08. The zero-order chi connectivity index (χ0) is 13.9. The van der Waals surface area contributed by atoms with Crippen molar-refractivity contribution in [3.05, 3.63) is 36.2 Å². The Morgan fingerprint density at radius 3 is 3.00 bits per heavy atom. The van der Waals surface area contributed by atoms with Crippen LogP contribution in [0.4, 0.5) is 0 Å². The van der Waals surface area contributed by atoms with E-state index < -0.39 is 0 Å². The highest BCUT2D eigenvalue weighted by Crippen LogP contribution is 2.25. The summed E-state index contributed by atoms with van der Waals surface area (Å²) < 4.78 is 15.4. The van der Waals surface area contributed by atoms with Crippen molar-refractivity contribution in [3.8, 4) is 11.6 Å². The molecule has 0 N–H and O–H groups in total. The molecule has 20 heavy (non-hydrogen) atoms. The van der Waals surface area contributed by atoms with Crippen LogP contribution in [0.5, 0.6) is 0 Å².